The van der Waals surface area contributed by atoms with Crippen molar-refractivity contribution in [2.75, 3.05) is 37.9 Å². The van der Waals surface area contributed by atoms with Gasteiger partial charge in [-0.2, -0.15) is 0 Å². The van der Waals surface area contributed by atoms with Gasteiger partial charge in [0.25, 0.3) is 0 Å². The van der Waals surface area contributed by atoms with Crippen molar-refractivity contribution in [2.45, 2.75) is 52.1 Å². The first-order valence-corrected chi connectivity index (χ1v) is 14.3. The SMILES string of the molecule is CCCNC(=O)[C@@H](CC)N(Cc1cccc(OC)c1)C(=O)CCCN(c1cccc(OC)c1)S(C)(=O)=O. The van der Waals surface area contributed by atoms with Gasteiger partial charge < -0.3 is 19.7 Å². The van der Waals surface area contributed by atoms with E-state index >= 15 is 0 Å². The summed E-state index contributed by atoms with van der Waals surface area (Å²) < 4.78 is 36.8. The van der Waals surface area contributed by atoms with E-state index in [1.165, 1.54) is 11.4 Å². The molecule has 2 rings (SSSR count). The number of benzene rings is 2. The lowest BCUT2D eigenvalue weighted by Gasteiger charge is -2.31. The zero-order chi connectivity index (χ0) is 27.4. The van der Waals surface area contributed by atoms with Crippen LogP contribution in [0.3, 0.4) is 0 Å². The van der Waals surface area contributed by atoms with E-state index in [0.717, 1.165) is 18.2 Å². The fourth-order valence-electron chi connectivity index (χ4n) is 4.02. The molecule has 0 aliphatic carbocycles. The first kappa shape index (κ1) is 30.0. The Kier molecular flexibility index (Phi) is 11.7. The summed E-state index contributed by atoms with van der Waals surface area (Å²) in [7, 11) is -0.499. The van der Waals surface area contributed by atoms with Crippen LogP contribution in [0.1, 0.15) is 45.1 Å². The van der Waals surface area contributed by atoms with Gasteiger partial charge in [0, 0.05) is 32.1 Å². The van der Waals surface area contributed by atoms with Crippen LogP contribution >= 0.6 is 0 Å². The van der Waals surface area contributed by atoms with Crippen LogP contribution in [-0.4, -0.2) is 64.7 Å². The van der Waals surface area contributed by atoms with Gasteiger partial charge in [-0.1, -0.05) is 32.0 Å². The molecule has 0 saturated heterocycles. The van der Waals surface area contributed by atoms with E-state index in [1.807, 2.05) is 38.1 Å². The van der Waals surface area contributed by atoms with E-state index < -0.39 is 16.1 Å². The van der Waals surface area contributed by atoms with Gasteiger partial charge in [0.1, 0.15) is 17.5 Å². The lowest BCUT2D eigenvalue weighted by Crippen LogP contribution is -2.49. The van der Waals surface area contributed by atoms with Crippen molar-refractivity contribution in [3.05, 3.63) is 54.1 Å². The van der Waals surface area contributed by atoms with Crippen LogP contribution in [0.4, 0.5) is 5.69 Å². The molecule has 0 radical (unpaired) electrons. The fraction of sp³-hybridized carbons (Fsp3) is 0.481. The number of methoxy groups -OCH3 is 2. The van der Waals surface area contributed by atoms with Crippen molar-refractivity contribution in [1.82, 2.24) is 10.2 Å². The Balaban J connectivity index is 2.23. The molecule has 2 aromatic rings. The lowest BCUT2D eigenvalue weighted by molar-refractivity contribution is -0.141. The average Bonchev–Trinajstić information content (AvgIpc) is 2.89. The topological polar surface area (TPSA) is 105 Å². The predicted octanol–water partition coefficient (Wildman–Crippen LogP) is 3.58. The molecule has 0 fully saturated rings. The minimum Gasteiger partial charge on any atom is -0.497 e. The highest BCUT2D eigenvalue weighted by molar-refractivity contribution is 7.92. The Bertz CT molecular complexity index is 1140. The largest absolute Gasteiger partial charge is 0.497 e. The molecule has 0 heterocycles. The zero-order valence-electron chi connectivity index (χ0n) is 22.4. The van der Waals surface area contributed by atoms with Gasteiger partial charge in [-0.25, -0.2) is 8.42 Å². The molecule has 204 valence electrons. The van der Waals surface area contributed by atoms with Gasteiger partial charge in [-0.3, -0.25) is 13.9 Å². The normalized spacial score (nSPS) is 11.9. The lowest BCUT2D eigenvalue weighted by atomic mass is 10.1. The fourth-order valence-corrected chi connectivity index (χ4v) is 4.98. The van der Waals surface area contributed by atoms with Crippen LogP contribution in [0, 0.1) is 0 Å². The third-order valence-corrected chi connectivity index (χ3v) is 7.11. The van der Waals surface area contributed by atoms with Crippen molar-refractivity contribution < 1.29 is 27.5 Å². The standard InChI is InChI=1S/C27H39N3O6S/c1-6-16-28-27(32)25(7-2)29(20-21-11-8-13-23(18-21)35-3)26(31)15-10-17-30(37(5,33)34)22-12-9-14-24(19-22)36-4/h8-9,11-14,18-19,25H,6-7,10,15-17,20H2,1-5H3,(H,28,32)/t25-/m1/s1. The van der Waals surface area contributed by atoms with Crippen molar-refractivity contribution in [2.24, 2.45) is 0 Å². The number of nitrogens with zero attached hydrogens (tertiary/aromatic N) is 2. The van der Waals surface area contributed by atoms with Crippen LogP contribution in [-0.2, 0) is 26.2 Å². The van der Waals surface area contributed by atoms with Crippen LogP contribution in [0.15, 0.2) is 48.5 Å². The van der Waals surface area contributed by atoms with Crippen molar-refractivity contribution in [3.63, 3.8) is 0 Å². The van der Waals surface area contributed by atoms with Gasteiger partial charge in [0.2, 0.25) is 21.8 Å². The van der Waals surface area contributed by atoms with Gasteiger partial charge in [0.05, 0.1) is 26.2 Å². The van der Waals surface area contributed by atoms with Gasteiger partial charge in [-0.05, 0) is 49.1 Å². The zero-order valence-corrected chi connectivity index (χ0v) is 23.2. The number of sulfonamides is 1. The second-order valence-electron chi connectivity index (χ2n) is 8.73. The Hall–Kier alpha value is -3.27. The molecular weight excluding hydrogens is 494 g/mol. The van der Waals surface area contributed by atoms with Gasteiger partial charge >= 0.3 is 0 Å². The highest BCUT2D eigenvalue weighted by Crippen LogP contribution is 2.24. The number of hydrogen-bond acceptors (Lipinski definition) is 6. The van der Waals surface area contributed by atoms with Crippen molar-refractivity contribution >= 4 is 27.5 Å². The van der Waals surface area contributed by atoms with E-state index in [9.17, 15) is 18.0 Å². The van der Waals surface area contributed by atoms with E-state index in [2.05, 4.69) is 5.32 Å². The summed E-state index contributed by atoms with van der Waals surface area (Å²) >= 11 is 0. The minimum atomic E-state index is -3.59. The summed E-state index contributed by atoms with van der Waals surface area (Å²) in [6, 6.07) is 13.5. The van der Waals surface area contributed by atoms with Crippen LogP contribution in [0.25, 0.3) is 0 Å². The Morgan fingerprint density at radius 1 is 1.00 bits per heavy atom. The smallest absolute Gasteiger partial charge is 0.242 e. The molecule has 0 spiro atoms. The summed E-state index contributed by atoms with van der Waals surface area (Å²) in [6.45, 7) is 4.72. The molecule has 1 atom stereocenters. The summed E-state index contributed by atoms with van der Waals surface area (Å²) in [4.78, 5) is 28.0. The molecular formula is C27H39N3O6S. The maximum Gasteiger partial charge on any atom is 0.242 e. The third-order valence-electron chi connectivity index (χ3n) is 5.92. The first-order chi connectivity index (χ1) is 17.6. The third kappa shape index (κ3) is 8.96. The molecule has 9 nitrogen and oxygen atoms in total. The highest BCUT2D eigenvalue weighted by Gasteiger charge is 2.28. The van der Waals surface area contributed by atoms with Crippen molar-refractivity contribution in [1.29, 1.82) is 0 Å². The van der Waals surface area contributed by atoms with Crippen LogP contribution in [0.5, 0.6) is 11.5 Å². The quantitative estimate of drug-likeness (QED) is 0.375. The van der Waals surface area contributed by atoms with Gasteiger partial charge in [0.15, 0.2) is 0 Å². The van der Waals surface area contributed by atoms with E-state index in [4.69, 9.17) is 9.47 Å². The molecule has 1 N–H and O–H groups in total. The molecule has 2 amide bonds. The van der Waals surface area contributed by atoms with E-state index in [1.54, 1.807) is 36.3 Å². The number of rotatable bonds is 15. The molecule has 0 unspecified atom stereocenters. The molecule has 0 aliphatic heterocycles. The number of anilines is 1. The van der Waals surface area contributed by atoms with E-state index in [-0.39, 0.29) is 37.7 Å². The number of hydrogen-bond donors (Lipinski definition) is 1. The number of ether oxygens (including phenoxy) is 2. The molecule has 0 saturated carbocycles. The molecule has 37 heavy (non-hydrogen) atoms. The molecule has 10 heteroatoms. The maximum atomic E-state index is 13.5. The monoisotopic (exact) mass is 533 g/mol. The highest BCUT2D eigenvalue weighted by atomic mass is 32.2. The molecule has 0 bridgehead atoms. The maximum absolute atomic E-state index is 13.5. The average molecular weight is 534 g/mol. The number of nitrogens with one attached hydrogen (secondary N) is 1. The molecule has 0 aliphatic rings. The number of amides is 2. The minimum absolute atomic E-state index is 0.0809. The summed E-state index contributed by atoms with van der Waals surface area (Å²) in [5, 5.41) is 2.90. The first-order valence-electron chi connectivity index (χ1n) is 12.5. The number of carbonyl (C=O) groups excluding carboxylic acids is 2. The Labute approximate surface area is 220 Å². The Morgan fingerprint density at radius 3 is 2.24 bits per heavy atom. The summed E-state index contributed by atoms with van der Waals surface area (Å²) in [5.74, 6) is 0.779. The summed E-state index contributed by atoms with van der Waals surface area (Å²) in [6.07, 6.45) is 2.74. The predicted molar refractivity (Wildman–Crippen MR) is 145 cm³/mol. The van der Waals surface area contributed by atoms with Crippen LogP contribution < -0.4 is 19.1 Å². The molecule has 2 aromatic carbocycles. The second kappa shape index (κ2) is 14.5. The number of carbonyl (C=O) groups is 2. The van der Waals surface area contributed by atoms with E-state index in [0.29, 0.717) is 30.2 Å². The molecule has 0 aromatic heterocycles. The second-order valence-corrected chi connectivity index (χ2v) is 10.6. The van der Waals surface area contributed by atoms with Crippen molar-refractivity contribution in [3.8, 4) is 11.5 Å². The van der Waals surface area contributed by atoms with Gasteiger partial charge in [-0.15, -0.1) is 0 Å². The summed E-state index contributed by atoms with van der Waals surface area (Å²) in [5.41, 5.74) is 1.30. The Morgan fingerprint density at radius 2 is 1.65 bits per heavy atom. The van der Waals surface area contributed by atoms with Crippen LogP contribution in [0.2, 0.25) is 0 Å².